The first-order valence-electron chi connectivity index (χ1n) is 8.57. The van der Waals surface area contributed by atoms with Crippen molar-refractivity contribution in [1.82, 2.24) is 19.3 Å². The molecule has 0 aromatic carbocycles. The van der Waals surface area contributed by atoms with Crippen molar-refractivity contribution < 1.29 is 13.2 Å². The lowest BCUT2D eigenvalue weighted by Crippen LogP contribution is -2.29. The van der Waals surface area contributed by atoms with Crippen molar-refractivity contribution >= 4 is 33.2 Å². The third kappa shape index (κ3) is 3.18. The summed E-state index contributed by atoms with van der Waals surface area (Å²) in [5.41, 5.74) is 1.38. The Bertz CT molecular complexity index is 1100. The molecule has 1 N–H and O–H groups in total. The summed E-state index contributed by atoms with van der Waals surface area (Å²) < 4.78 is 26.7. The van der Waals surface area contributed by atoms with Gasteiger partial charge in [-0.2, -0.15) is 5.10 Å². The zero-order chi connectivity index (χ0) is 19.3. The van der Waals surface area contributed by atoms with Gasteiger partial charge in [-0.25, -0.2) is 13.4 Å². The predicted octanol–water partition coefficient (Wildman–Crippen LogP) is 0.774. The van der Waals surface area contributed by atoms with Crippen molar-refractivity contribution in [3.8, 4) is 0 Å². The highest BCUT2D eigenvalue weighted by atomic mass is 32.2. The average molecular weight is 409 g/mol. The number of hydrogen-bond donors (Lipinski definition) is 1. The lowest BCUT2D eigenvalue weighted by atomic mass is 10.2. The van der Waals surface area contributed by atoms with E-state index in [0.717, 1.165) is 5.75 Å². The van der Waals surface area contributed by atoms with E-state index in [1.54, 1.807) is 18.5 Å². The van der Waals surface area contributed by atoms with Crippen molar-refractivity contribution in [2.75, 3.05) is 22.6 Å². The van der Waals surface area contributed by atoms with E-state index in [1.165, 1.54) is 22.5 Å². The molecule has 2 aliphatic heterocycles. The number of aromatic nitrogens is 4. The summed E-state index contributed by atoms with van der Waals surface area (Å²) in [6, 6.07) is -0.233. The van der Waals surface area contributed by atoms with Gasteiger partial charge in [0.1, 0.15) is 5.56 Å². The molecule has 0 radical (unpaired) electrons. The van der Waals surface area contributed by atoms with Crippen LogP contribution in [-0.4, -0.2) is 50.9 Å². The normalized spacial score (nSPS) is 20.6. The summed E-state index contributed by atoms with van der Waals surface area (Å²) in [4.78, 5) is 29.4. The predicted molar refractivity (Wildman–Crippen MR) is 101 cm³/mol. The summed E-state index contributed by atoms with van der Waals surface area (Å²) in [7, 11) is -3.04. The summed E-state index contributed by atoms with van der Waals surface area (Å²) in [5.74, 6) is 0.427. The molecule has 4 heterocycles. The first-order chi connectivity index (χ1) is 12.8. The number of amides is 1. The molecule has 4 rings (SSSR count). The number of thioether (sulfide) groups is 1. The molecule has 27 heavy (non-hydrogen) atoms. The smallest absolute Gasteiger partial charge is 0.267 e. The van der Waals surface area contributed by atoms with Gasteiger partial charge in [0.15, 0.2) is 15.0 Å². The average Bonchev–Trinajstić information content (AvgIpc) is 3.29. The number of aryl methyl sites for hydroxylation is 1. The third-order valence-corrected chi connectivity index (χ3v) is 7.64. The molecule has 1 atom stereocenters. The number of carbonyl (C=O) groups excluding carboxylic acids is 1. The van der Waals surface area contributed by atoms with E-state index in [0.29, 0.717) is 35.2 Å². The molecule has 0 spiro atoms. The highest BCUT2D eigenvalue weighted by Gasteiger charge is 2.32. The van der Waals surface area contributed by atoms with Gasteiger partial charge in [0.2, 0.25) is 0 Å². The minimum Gasteiger partial charge on any atom is -0.319 e. The maximum Gasteiger partial charge on any atom is 0.267 e. The molecule has 144 valence electrons. The van der Waals surface area contributed by atoms with Gasteiger partial charge in [-0.1, -0.05) is 11.8 Å². The number of anilines is 1. The van der Waals surface area contributed by atoms with Gasteiger partial charge in [-0.15, -0.1) is 0 Å². The molecule has 1 unspecified atom stereocenters. The molecule has 2 aliphatic rings. The van der Waals surface area contributed by atoms with Crippen LogP contribution < -0.4 is 10.9 Å². The zero-order valence-electron chi connectivity index (χ0n) is 14.9. The second-order valence-corrected chi connectivity index (χ2v) is 10.1. The molecule has 1 saturated heterocycles. The molecule has 11 heteroatoms. The molecule has 9 nitrogen and oxygen atoms in total. The van der Waals surface area contributed by atoms with Gasteiger partial charge in [0, 0.05) is 18.5 Å². The summed E-state index contributed by atoms with van der Waals surface area (Å²) in [5, 5.41) is 7.80. The number of fused-ring (bicyclic) bond motifs is 1. The van der Waals surface area contributed by atoms with Crippen LogP contribution in [0.2, 0.25) is 0 Å². The lowest BCUT2D eigenvalue weighted by molar-refractivity contribution is 0.102. The van der Waals surface area contributed by atoms with Gasteiger partial charge in [-0.05, 0) is 20.3 Å². The Morgan fingerprint density at radius 2 is 2.15 bits per heavy atom. The number of sulfone groups is 1. The molecule has 2 aromatic rings. The molecule has 0 saturated carbocycles. The van der Waals surface area contributed by atoms with Gasteiger partial charge in [0.25, 0.3) is 11.5 Å². The third-order valence-electron chi connectivity index (χ3n) is 4.92. The fourth-order valence-corrected chi connectivity index (χ4v) is 6.13. The van der Waals surface area contributed by atoms with Crippen molar-refractivity contribution in [2.45, 2.75) is 38.0 Å². The molecule has 0 bridgehead atoms. The van der Waals surface area contributed by atoms with Crippen LogP contribution in [0.4, 0.5) is 5.69 Å². The van der Waals surface area contributed by atoms with Crippen molar-refractivity contribution in [3.63, 3.8) is 0 Å². The monoisotopic (exact) mass is 409 g/mol. The Balaban J connectivity index is 1.62. The van der Waals surface area contributed by atoms with Crippen molar-refractivity contribution in [3.05, 3.63) is 33.5 Å². The van der Waals surface area contributed by atoms with E-state index in [2.05, 4.69) is 15.4 Å². The molecule has 2 aromatic heterocycles. The van der Waals surface area contributed by atoms with E-state index in [9.17, 15) is 18.0 Å². The van der Waals surface area contributed by atoms with Crippen LogP contribution >= 0.6 is 11.8 Å². The van der Waals surface area contributed by atoms with Crippen molar-refractivity contribution in [1.29, 1.82) is 0 Å². The highest BCUT2D eigenvalue weighted by molar-refractivity contribution is 7.99. The van der Waals surface area contributed by atoms with Crippen molar-refractivity contribution in [2.24, 2.45) is 0 Å². The largest absolute Gasteiger partial charge is 0.319 e. The quantitative estimate of drug-likeness (QED) is 0.745. The highest BCUT2D eigenvalue weighted by Crippen LogP contribution is 2.29. The summed E-state index contributed by atoms with van der Waals surface area (Å²) in [6.45, 7) is 4.07. The van der Waals surface area contributed by atoms with E-state index >= 15 is 0 Å². The second kappa shape index (κ2) is 6.48. The SMILES string of the molecule is Cc1nn(C2CCS(=O)(=O)C2)c(C)c1NC(=O)c1cnc2n(c1=O)CCS2. The topological polar surface area (TPSA) is 116 Å². The van der Waals surface area contributed by atoms with Crippen LogP contribution in [0.25, 0.3) is 0 Å². The molecule has 1 fully saturated rings. The van der Waals surface area contributed by atoms with Crippen LogP contribution in [-0.2, 0) is 16.4 Å². The molecular formula is C16H19N5O4S2. The minimum absolute atomic E-state index is 0.0174. The number of hydrogen-bond acceptors (Lipinski definition) is 7. The Labute approximate surface area is 160 Å². The van der Waals surface area contributed by atoms with Gasteiger partial charge < -0.3 is 5.32 Å². The Kier molecular flexibility index (Phi) is 4.38. The first-order valence-corrected chi connectivity index (χ1v) is 11.4. The van der Waals surface area contributed by atoms with Crippen LogP contribution in [0.1, 0.15) is 34.2 Å². The van der Waals surface area contributed by atoms with E-state index in [4.69, 9.17) is 0 Å². The van der Waals surface area contributed by atoms with Gasteiger partial charge in [0.05, 0.1) is 34.6 Å². The maximum atomic E-state index is 12.7. The number of carbonyl (C=O) groups is 1. The Hall–Kier alpha value is -2.14. The number of nitrogens with one attached hydrogen (secondary N) is 1. The van der Waals surface area contributed by atoms with E-state index < -0.39 is 15.7 Å². The van der Waals surface area contributed by atoms with E-state index in [1.807, 2.05) is 0 Å². The summed E-state index contributed by atoms with van der Waals surface area (Å²) in [6.07, 6.45) is 1.81. The lowest BCUT2D eigenvalue weighted by Gasteiger charge is -2.12. The zero-order valence-corrected chi connectivity index (χ0v) is 16.6. The molecular weight excluding hydrogens is 390 g/mol. The number of nitrogens with zero attached hydrogens (tertiary/aromatic N) is 4. The molecule has 1 amide bonds. The van der Waals surface area contributed by atoms with Gasteiger partial charge >= 0.3 is 0 Å². The van der Waals surface area contributed by atoms with Gasteiger partial charge in [-0.3, -0.25) is 18.8 Å². The van der Waals surface area contributed by atoms with Crippen LogP contribution in [0.5, 0.6) is 0 Å². The van der Waals surface area contributed by atoms with Crippen LogP contribution in [0, 0.1) is 13.8 Å². The molecule has 0 aliphatic carbocycles. The maximum absolute atomic E-state index is 12.7. The number of rotatable bonds is 3. The fourth-order valence-electron chi connectivity index (χ4n) is 3.52. The second-order valence-electron chi connectivity index (χ2n) is 6.76. The summed E-state index contributed by atoms with van der Waals surface area (Å²) >= 11 is 1.49. The van der Waals surface area contributed by atoms with Crippen LogP contribution in [0.3, 0.4) is 0 Å². The van der Waals surface area contributed by atoms with Crippen LogP contribution in [0.15, 0.2) is 16.1 Å². The standard InChI is InChI=1S/C16H19N5O4S2/c1-9-13(10(2)21(19-9)11-3-6-27(24,25)8-11)18-14(22)12-7-17-16-20(15(12)23)4-5-26-16/h7,11H,3-6,8H2,1-2H3,(H,18,22). The first kappa shape index (κ1) is 18.2. The Morgan fingerprint density at radius 1 is 1.37 bits per heavy atom. The fraction of sp³-hybridized carbons (Fsp3) is 0.500. The van der Waals surface area contributed by atoms with E-state index in [-0.39, 0.29) is 28.7 Å². The Morgan fingerprint density at radius 3 is 2.85 bits per heavy atom. The minimum atomic E-state index is -3.04.